The fraction of sp³-hybridized carbons (Fsp3) is 0.750. The van der Waals surface area contributed by atoms with Crippen molar-refractivity contribution in [3.63, 3.8) is 0 Å². The van der Waals surface area contributed by atoms with E-state index in [4.69, 9.17) is 26.2 Å². The van der Waals surface area contributed by atoms with Gasteiger partial charge in [-0.2, -0.15) is 0 Å². The third kappa shape index (κ3) is 5.62. The van der Waals surface area contributed by atoms with Gasteiger partial charge in [-0.1, -0.05) is 22.9 Å². The molecule has 0 bridgehead atoms. The summed E-state index contributed by atoms with van der Waals surface area (Å²) in [5, 5.41) is 10.3. The first-order chi connectivity index (χ1) is 9.22. The summed E-state index contributed by atoms with van der Waals surface area (Å²) in [7, 11) is 0. The molecule has 1 aromatic heterocycles. The Hall–Kier alpha value is -0.400. The van der Waals surface area contributed by atoms with Crippen LogP contribution in [-0.4, -0.2) is 49.6 Å². The highest BCUT2D eigenvalue weighted by molar-refractivity contribution is 7.16. The Morgan fingerprint density at radius 2 is 1.79 bits per heavy atom. The predicted molar refractivity (Wildman–Crippen MR) is 78.2 cm³/mol. The van der Waals surface area contributed by atoms with Crippen LogP contribution in [0.1, 0.15) is 18.7 Å². The molecule has 0 aliphatic rings. The quantitative estimate of drug-likeness (QED) is 0.671. The van der Waals surface area contributed by atoms with E-state index < -0.39 is 0 Å². The number of anilines is 1. The smallest absolute Gasteiger partial charge is 0.187 e. The molecule has 0 aromatic carbocycles. The number of thiazole rings is 1. The lowest BCUT2D eigenvalue weighted by Gasteiger charge is -2.21. The zero-order valence-corrected chi connectivity index (χ0v) is 13.0. The molecule has 0 aliphatic heterocycles. The average molecular weight is 309 g/mol. The first-order valence-corrected chi connectivity index (χ1v) is 7.58. The highest BCUT2D eigenvalue weighted by atomic mass is 35.5. The summed E-state index contributed by atoms with van der Waals surface area (Å²) in [5.41, 5.74) is 0. The third-order valence-electron chi connectivity index (χ3n) is 2.47. The van der Waals surface area contributed by atoms with Crippen molar-refractivity contribution in [2.75, 3.05) is 44.4 Å². The first-order valence-electron chi connectivity index (χ1n) is 6.39. The maximum atomic E-state index is 9.16. The molecule has 1 N–H and O–H groups in total. The van der Waals surface area contributed by atoms with Gasteiger partial charge in [0.2, 0.25) is 0 Å². The third-order valence-corrected chi connectivity index (χ3v) is 4.00. The van der Waals surface area contributed by atoms with Crippen LogP contribution >= 0.6 is 22.9 Å². The lowest BCUT2D eigenvalue weighted by atomic mass is 10.5. The average Bonchev–Trinajstić information content (AvgIpc) is 2.78. The van der Waals surface area contributed by atoms with Gasteiger partial charge in [-0.3, -0.25) is 0 Å². The van der Waals surface area contributed by atoms with Crippen LogP contribution in [0.3, 0.4) is 0 Å². The number of aromatic nitrogens is 1. The molecule has 0 aliphatic carbocycles. The van der Waals surface area contributed by atoms with Crippen LogP contribution in [0, 0.1) is 0 Å². The van der Waals surface area contributed by atoms with Gasteiger partial charge in [-0.05, 0) is 13.8 Å². The number of rotatable bonds is 10. The van der Waals surface area contributed by atoms with E-state index >= 15 is 0 Å². The van der Waals surface area contributed by atoms with Crippen molar-refractivity contribution < 1.29 is 14.6 Å². The number of hydrogen-bond acceptors (Lipinski definition) is 6. The summed E-state index contributed by atoms with van der Waals surface area (Å²) < 4.78 is 10.7. The second kappa shape index (κ2) is 9.50. The van der Waals surface area contributed by atoms with E-state index in [2.05, 4.69) is 9.88 Å². The van der Waals surface area contributed by atoms with Crippen LogP contribution < -0.4 is 4.90 Å². The molecule has 1 aromatic rings. The Morgan fingerprint density at radius 1 is 1.21 bits per heavy atom. The Bertz CT molecular complexity index is 353. The van der Waals surface area contributed by atoms with Gasteiger partial charge in [-0.15, -0.1) is 0 Å². The lowest BCUT2D eigenvalue weighted by Crippen LogP contribution is -2.31. The van der Waals surface area contributed by atoms with E-state index in [1.165, 1.54) is 11.3 Å². The standard InChI is InChI=1S/C12H21ClN2O3S/c1-3-17-7-5-15(6-8-18-4-2)12-14-11(13)10(9-16)19-12/h16H,3-9H2,1-2H3. The Balaban J connectivity index is 2.63. The van der Waals surface area contributed by atoms with E-state index in [0.29, 0.717) is 36.5 Å². The number of halogens is 1. The molecule has 0 unspecified atom stereocenters. The number of hydrogen-bond donors (Lipinski definition) is 1. The van der Waals surface area contributed by atoms with Crippen molar-refractivity contribution in [3.05, 3.63) is 10.0 Å². The molecule has 1 rings (SSSR count). The first kappa shape index (κ1) is 16.7. The maximum Gasteiger partial charge on any atom is 0.187 e. The van der Waals surface area contributed by atoms with E-state index in [0.717, 1.165) is 18.2 Å². The highest BCUT2D eigenvalue weighted by Gasteiger charge is 2.14. The van der Waals surface area contributed by atoms with E-state index in [-0.39, 0.29) is 6.61 Å². The molecule has 1 heterocycles. The van der Waals surface area contributed by atoms with Gasteiger partial charge in [0, 0.05) is 26.3 Å². The summed E-state index contributed by atoms with van der Waals surface area (Å²) in [6, 6.07) is 0. The second-order valence-electron chi connectivity index (χ2n) is 3.75. The van der Waals surface area contributed by atoms with Gasteiger partial charge in [0.05, 0.1) is 24.7 Å². The molecule has 0 atom stereocenters. The van der Waals surface area contributed by atoms with Crippen LogP contribution in [0.15, 0.2) is 0 Å². The maximum absolute atomic E-state index is 9.16. The van der Waals surface area contributed by atoms with Crippen molar-refractivity contribution in [3.8, 4) is 0 Å². The van der Waals surface area contributed by atoms with E-state index in [1.54, 1.807) is 0 Å². The van der Waals surface area contributed by atoms with Crippen LogP contribution in [0.2, 0.25) is 5.15 Å². The largest absolute Gasteiger partial charge is 0.391 e. The minimum atomic E-state index is -0.0821. The predicted octanol–water partition coefficient (Wildman–Crippen LogP) is 2.17. The summed E-state index contributed by atoms with van der Waals surface area (Å²) in [6.45, 7) is 7.97. The number of aliphatic hydroxyl groups is 1. The molecule has 19 heavy (non-hydrogen) atoms. The molecular formula is C12H21ClN2O3S. The summed E-state index contributed by atoms with van der Waals surface area (Å²) in [5.74, 6) is 0. The minimum Gasteiger partial charge on any atom is -0.391 e. The second-order valence-corrected chi connectivity index (χ2v) is 5.17. The van der Waals surface area contributed by atoms with Crippen LogP contribution in [0.4, 0.5) is 5.13 Å². The van der Waals surface area contributed by atoms with Gasteiger partial charge in [0.25, 0.3) is 0 Å². The minimum absolute atomic E-state index is 0.0821. The molecule has 0 radical (unpaired) electrons. The summed E-state index contributed by atoms with van der Waals surface area (Å²) in [4.78, 5) is 7.04. The zero-order chi connectivity index (χ0) is 14.1. The van der Waals surface area contributed by atoms with Gasteiger partial charge in [-0.25, -0.2) is 4.98 Å². The van der Waals surface area contributed by atoms with Crippen LogP contribution in [0.5, 0.6) is 0 Å². The van der Waals surface area contributed by atoms with Crippen LogP contribution in [-0.2, 0) is 16.1 Å². The monoisotopic (exact) mass is 308 g/mol. The number of aliphatic hydroxyl groups excluding tert-OH is 1. The fourth-order valence-electron chi connectivity index (χ4n) is 1.50. The molecule has 0 saturated carbocycles. The van der Waals surface area contributed by atoms with Crippen molar-refractivity contribution in [1.82, 2.24) is 4.98 Å². The van der Waals surface area contributed by atoms with Crippen molar-refractivity contribution in [2.24, 2.45) is 0 Å². The van der Waals surface area contributed by atoms with Crippen molar-refractivity contribution >= 4 is 28.1 Å². The zero-order valence-electron chi connectivity index (χ0n) is 11.4. The molecular weight excluding hydrogens is 288 g/mol. The molecule has 0 amide bonds. The Morgan fingerprint density at radius 3 is 2.21 bits per heavy atom. The van der Waals surface area contributed by atoms with E-state index in [9.17, 15) is 0 Å². The summed E-state index contributed by atoms with van der Waals surface area (Å²) >= 11 is 7.37. The van der Waals surface area contributed by atoms with Crippen LogP contribution in [0.25, 0.3) is 0 Å². The molecule has 0 spiro atoms. The van der Waals surface area contributed by atoms with Gasteiger partial charge in [0.15, 0.2) is 5.13 Å². The molecule has 0 fully saturated rings. The highest BCUT2D eigenvalue weighted by Crippen LogP contribution is 2.29. The number of ether oxygens (including phenoxy) is 2. The van der Waals surface area contributed by atoms with Gasteiger partial charge in [0.1, 0.15) is 5.15 Å². The number of nitrogens with zero attached hydrogens (tertiary/aromatic N) is 2. The molecule has 0 saturated heterocycles. The lowest BCUT2D eigenvalue weighted by molar-refractivity contribution is 0.141. The van der Waals surface area contributed by atoms with E-state index in [1.807, 2.05) is 13.8 Å². The van der Waals surface area contributed by atoms with Gasteiger partial charge >= 0.3 is 0 Å². The molecule has 110 valence electrons. The Labute approximate surface area is 123 Å². The van der Waals surface area contributed by atoms with Gasteiger partial charge < -0.3 is 19.5 Å². The van der Waals surface area contributed by atoms with Crippen molar-refractivity contribution in [2.45, 2.75) is 20.5 Å². The fourth-order valence-corrected chi connectivity index (χ4v) is 2.66. The van der Waals surface area contributed by atoms with Crippen molar-refractivity contribution in [1.29, 1.82) is 0 Å². The SMILES string of the molecule is CCOCCN(CCOCC)c1nc(Cl)c(CO)s1. The topological polar surface area (TPSA) is 54.8 Å². The summed E-state index contributed by atoms with van der Waals surface area (Å²) in [6.07, 6.45) is 0. The molecule has 5 nitrogen and oxygen atoms in total. The molecule has 7 heteroatoms. The Kier molecular flexibility index (Phi) is 8.32. The normalized spacial score (nSPS) is 10.9.